The number of piperazine rings is 1. The van der Waals surface area contributed by atoms with Gasteiger partial charge in [-0.2, -0.15) is 4.31 Å². The fraction of sp³-hybridized carbons (Fsp3) is 0.179. The Balaban J connectivity index is 1.34. The van der Waals surface area contributed by atoms with Gasteiger partial charge in [0, 0.05) is 31.9 Å². The molecule has 36 heavy (non-hydrogen) atoms. The molecule has 4 aromatic carbocycles. The topological polar surface area (TPSA) is 69.7 Å². The standard InChI is InChI=1S/C28H26FN3O3S/c29-24-11-13-25(14-12-24)30-28(33)27(22-7-2-1-3-8-22)31-16-18-32(19-17-31)36(34,35)26-15-10-21-6-4-5-9-23(21)20-26/h1-15,20,27H,16-19H2,(H,30,33)/t27-/m0/s1. The van der Waals surface area contributed by atoms with E-state index < -0.39 is 16.1 Å². The molecular formula is C28H26FN3O3S. The number of anilines is 1. The number of carbonyl (C=O) groups excluding carboxylic acids is 1. The Morgan fingerprint density at radius 1 is 0.778 bits per heavy atom. The Hall–Kier alpha value is -3.59. The van der Waals surface area contributed by atoms with Crippen LogP contribution in [-0.2, 0) is 14.8 Å². The van der Waals surface area contributed by atoms with Crippen LogP contribution in [0, 0.1) is 5.82 Å². The van der Waals surface area contributed by atoms with Crippen molar-refractivity contribution >= 4 is 32.4 Å². The second-order valence-corrected chi connectivity index (χ2v) is 10.7. The van der Waals surface area contributed by atoms with Crippen molar-refractivity contribution in [2.24, 2.45) is 0 Å². The fourth-order valence-electron chi connectivity index (χ4n) is 4.59. The molecule has 0 saturated carbocycles. The summed E-state index contributed by atoms with van der Waals surface area (Å²) in [4.78, 5) is 15.6. The monoisotopic (exact) mass is 503 g/mol. The van der Waals surface area contributed by atoms with Crippen LogP contribution in [-0.4, -0.2) is 49.7 Å². The zero-order valence-corrected chi connectivity index (χ0v) is 20.4. The number of hydrogen-bond donors (Lipinski definition) is 1. The third-order valence-electron chi connectivity index (χ3n) is 6.47. The number of rotatable bonds is 6. The Labute approximate surface area is 210 Å². The highest BCUT2D eigenvalue weighted by Gasteiger charge is 2.34. The minimum Gasteiger partial charge on any atom is -0.324 e. The molecule has 0 spiro atoms. The van der Waals surface area contributed by atoms with Crippen LogP contribution in [0.2, 0.25) is 0 Å². The van der Waals surface area contributed by atoms with E-state index in [1.165, 1.54) is 28.6 Å². The van der Waals surface area contributed by atoms with Gasteiger partial charge >= 0.3 is 0 Å². The lowest BCUT2D eigenvalue weighted by Crippen LogP contribution is -2.51. The number of hydrogen-bond acceptors (Lipinski definition) is 4. The molecule has 0 aromatic heterocycles. The van der Waals surface area contributed by atoms with Gasteiger partial charge in [0.1, 0.15) is 11.9 Å². The van der Waals surface area contributed by atoms with Crippen LogP contribution in [0.4, 0.5) is 10.1 Å². The second-order valence-electron chi connectivity index (χ2n) is 8.76. The van der Waals surface area contributed by atoms with E-state index in [9.17, 15) is 17.6 Å². The highest BCUT2D eigenvalue weighted by Crippen LogP contribution is 2.27. The molecule has 5 rings (SSSR count). The Morgan fingerprint density at radius 2 is 1.42 bits per heavy atom. The summed E-state index contributed by atoms with van der Waals surface area (Å²) in [6, 6.07) is 27.2. The van der Waals surface area contributed by atoms with E-state index in [2.05, 4.69) is 5.32 Å². The fourth-order valence-corrected chi connectivity index (χ4v) is 6.04. The first-order valence-electron chi connectivity index (χ1n) is 11.8. The second kappa shape index (κ2) is 10.2. The van der Waals surface area contributed by atoms with Gasteiger partial charge in [0.05, 0.1) is 4.90 Å². The number of carbonyl (C=O) groups is 1. The van der Waals surface area contributed by atoms with E-state index in [4.69, 9.17) is 0 Å². The minimum atomic E-state index is -3.67. The van der Waals surface area contributed by atoms with Gasteiger partial charge in [0.2, 0.25) is 15.9 Å². The van der Waals surface area contributed by atoms with Gasteiger partial charge in [0.25, 0.3) is 0 Å². The van der Waals surface area contributed by atoms with Crippen molar-refractivity contribution in [2.75, 3.05) is 31.5 Å². The van der Waals surface area contributed by atoms with E-state index in [-0.39, 0.29) is 29.7 Å². The van der Waals surface area contributed by atoms with E-state index in [1.807, 2.05) is 65.6 Å². The molecule has 0 aliphatic carbocycles. The van der Waals surface area contributed by atoms with Gasteiger partial charge < -0.3 is 5.32 Å². The molecule has 1 aliphatic rings. The van der Waals surface area contributed by atoms with Gasteiger partial charge in [-0.15, -0.1) is 0 Å². The first-order valence-corrected chi connectivity index (χ1v) is 13.2. The molecule has 1 amide bonds. The van der Waals surface area contributed by atoms with Gasteiger partial charge in [-0.25, -0.2) is 12.8 Å². The molecule has 4 aromatic rings. The lowest BCUT2D eigenvalue weighted by Gasteiger charge is -2.38. The molecule has 8 heteroatoms. The number of amides is 1. The maximum atomic E-state index is 13.4. The molecule has 1 atom stereocenters. The van der Waals surface area contributed by atoms with Crippen LogP contribution in [0.3, 0.4) is 0 Å². The normalized spacial score (nSPS) is 16.0. The van der Waals surface area contributed by atoms with Crippen LogP contribution < -0.4 is 5.32 Å². The van der Waals surface area contributed by atoms with Crippen molar-refractivity contribution in [3.63, 3.8) is 0 Å². The van der Waals surface area contributed by atoms with Crippen molar-refractivity contribution in [1.82, 2.24) is 9.21 Å². The molecule has 1 fully saturated rings. The van der Waals surface area contributed by atoms with Crippen molar-refractivity contribution in [2.45, 2.75) is 10.9 Å². The summed E-state index contributed by atoms with van der Waals surface area (Å²) in [6.45, 7) is 1.32. The maximum Gasteiger partial charge on any atom is 0.246 e. The largest absolute Gasteiger partial charge is 0.324 e. The number of sulfonamides is 1. The summed E-state index contributed by atoms with van der Waals surface area (Å²) in [5.74, 6) is -0.630. The molecule has 184 valence electrons. The maximum absolute atomic E-state index is 13.4. The minimum absolute atomic E-state index is 0.251. The Morgan fingerprint density at radius 3 is 2.11 bits per heavy atom. The van der Waals surface area contributed by atoms with E-state index >= 15 is 0 Å². The Bertz CT molecular complexity index is 1470. The van der Waals surface area contributed by atoms with E-state index in [0.717, 1.165) is 16.3 Å². The number of fused-ring (bicyclic) bond motifs is 1. The molecule has 0 bridgehead atoms. The molecule has 6 nitrogen and oxygen atoms in total. The smallest absolute Gasteiger partial charge is 0.246 e. The van der Waals surface area contributed by atoms with Crippen molar-refractivity contribution in [3.05, 3.63) is 108 Å². The van der Waals surface area contributed by atoms with E-state index in [1.54, 1.807) is 12.1 Å². The lowest BCUT2D eigenvalue weighted by molar-refractivity contribution is -0.122. The van der Waals surface area contributed by atoms with Crippen molar-refractivity contribution < 1.29 is 17.6 Å². The van der Waals surface area contributed by atoms with Gasteiger partial charge in [-0.1, -0.05) is 60.7 Å². The number of nitrogens with one attached hydrogen (secondary N) is 1. The number of nitrogens with zero attached hydrogens (tertiary/aromatic N) is 2. The molecule has 0 radical (unpaired) electrons. The van der Waals surface area contributed by atoms with Gasteiger partial charge in [-0.05, 0) is 52.7 Å². The van der Waals surface area contributed by atoms with Crippen LogP contribution in [0.1, 0.15) is 11.6 Å². The predicted molar refractivity (Wildman–Crippen MR) is 138 cm³/mol. The summed E-state index contributed by atoms with van der Waals surface area (Å²) < 4.78 is 41.5. The van der Waals surface area contributed by atoms with Crippen molar-refractivity contribution in [3.8, 4) is 0 Å². The molecule has 1 aliphatic heterocycles. The van der Waals surface area contributed by atoms with Gasteiger partial charge in [-0.3, -0.25) is 9.69 Å². The highest BCUT2D eigenvalue weighted by atomic mass is 32.2. The predicted octanol–water partition coefficient (Wildman–Crippen LogP) is 4.67. The molecular weight excluding hydrogens is 477 g/mol. The average Bonchev–Trinajstić information content (AvgIpc) is 2.91. The molecule has 1 heterocycles. The van der Waals surface area contributed by atoms with Gasteiger partial charge in [0.15, 0.2) is 0 Å². The summed E-state index contributed by atoms with van der Waals surface area (Å²) in [6.07, 6.45) is 0. The summed E-state index contributed by atoms with van der Waals surface area (Å²) in [7, 11) is -3.67. The summed E-state index contributed by atoms with van der Waals surface area (Å²) >= 11 is 0. The highest BCUT2D eigenvalue weighted by molar-refractivity contribution is 7.89. The molecule has 1 saturated heterocycles. The number of benzene rings is 4. The quantitative estimate of drug-likeness (QED) is 0.415. The van der Waals surface area contributed by atoms with Crippen molar-refractivity contribution in [1.29, 1.82) is 0 Å². The SMILES string of the molecule is O=C(Nc1ccc(F)cc1)[C@H](c1ccccc1)N1CCN(S(=O)(=O)c2ccc3ccccc3c2)CC1. The van der Waals surface area contributed by atoms with Crippen LogP contribution >= 0.6 is 0 Å². The summed E-state index contributed by atoms with van der Waals surface area (Å²) in [5.41, 5.74) is 1.31. The zero-order chi connectivity index (χ0) is 25.1. The first-order chi connectivity index (χ1) is 17.4. The third kappa shape index (κ3) is 5.02. The number of halogens is 1. The lowest BCUT2D eigenvalue weighted by atomic mass is 10.0. The zero-order valence-electron chi connectivity index (χ0n) is 19.5. The molecule has 1 N–H and O–H groups in total. The van der Waals surface area contributed by atoms with E-state index in [0.29, 0.717) is 18.8 Å². The van der Waals surface area contributed by atoms with Crippen LogP contribution in [0.5, 0.6) is 0 Å². The Kier molecular flexibility index (Phi) is 6.82. The molecule has 0 unspecified atom stereocenters. The van der Waals surface area contributed by atoms with Crippen LogP contribution in [0.25, 0.3) is 10.8 Å². The average molecular weight is 504 g/mol. The van der Waals surface area contributed by atoms with Crippen LogP contribution in [0.15, 0.2) is 102 Å². The third-order valence-corrected chi connectivity index (χ3v) is 8.37. The first kappa shape index (κ1) is 24.1. The summed E-state index contributed by atoms with van der Waals surface area (Å²) in [5, 5.41) is 4.73.